The van der Waals surface area contributed by atoms with E-state index >= 15 is 0 Å². The second-order valence-electron chi connectivity index (χ2n) is 6.16. The molecule has 28 heavy (non-hydrogen) atoms. The first-order valence-corrected chi connectivity index (χ1v) is 9.45. The SMILES string of the molecule is COc1ccccc1C(=O)NC(C)C(=O)Nc1nnc(-c2ccc(C)cc2)s1. The van der Waals surface area contributed by atoms with Crippen LogP contribution in [-0.2, 0) is 4.79 Å². The van der Waals surface area contributed by atoms with Gasteiger partial charge >= 0.3 is 0 Å². The van der Waals surface area contributed by atoms with E-state index in [-0.39, 0.29) is 5.91 Å². The Morgan fingerprint density at radius 3 is 2.50 bits per heavy atom. The van der Waals surface area contributed by atoms with Crippen LogP contribution < -0.4 is 15.4 Å². The first-order chi connectivity index (χ1) is 13.5. The number of aryl methyl sites for hydroxylation is 1. The number of amides is 2. The van der Waals surface area contributed by atoms with Crippen molar-refractivity contribution >= 4 is 28.3 Å². The summed E-state index contributed by atoms with van der Waals surface area (Å²) in [7, 11) is 1.49. The summed E-state index contributed by atoms with van der Waals surface area (Å²) >= 11 is 1.27. The van der Waals surface area contributed by atoms with Gasteiger partial charge in [0.2, 0.25) is 11.0 Å². The van der Waals surface area contributed by atoms with Gasteiger partial charge in [-0.25, -0.2) is 0 Å². The number of benzene rings is 2. The van der Waals surface area contributed by atoms with Crippen molar-refractivity contribution in [1.29, 1.82) is 0 Å². The molecule has 7 nitrogen and oxygen atoms in total. The third kappa shape index (κ3) is 4.52. The number of para-hydroxylation sites is 1. The lowest BCUT2D eigenvalue weighted by Gasteiger charge is -2.14. The van der Waals surface area contributed by atoms with E-state index in [0.29, 0.717) is 21.5 Å². The van der Waals surface area contributed by atoms with E-state index in [1.54, 1.807) is 31.2 Å². The van der Waals surface area contributed by atoms with Crippen molar-refractivity contribution in [3.05, 3.63) is 59.7 Å². The first kappa shape index (κ1) is 19.5. The highest BCUT2D eigenvalue weighted by molar-refractivity contribution is 7.18. The molecular formula is C20H20N4O3S. The van der Waals surface area contributed by atoms with Crippen LogP contribution in [0.2, 0.25) is 0 Å². The lowest BCUT2D eigenvalue weighted by atomic mass is 10.1. The van der Waals surface area contributed by atoms with E-state index in [2.05, 4.69) is 20.8 Å². The van der Waals surface area contributed by atoms with Gasteiger partial charge in [0, 0.05) is 5.56 Å². The normalized spacial score (nSPS) is 11.5. The number of nitrogens with one attached hydrogen (secondary N) is 2. The summed E-state index contributed by atoms with van der Waals surface area (Å²) in [6, 6.07) is 14.0. The molecule has 0 spiro atoms. The zero-order valence-corrected chi connectivity index (χ0v) is 16.5. The van der Waals surface area contributed by atoms with E-state index in [4.69, 9.17) is 4.74 Å². The van der Waals surface area contributed by atoms with Crippen LogP contribution in [0, 0.1) is 6.92 Å². The van der Waals surface area contributed by atoms with Gasteiger partial charge in [0.15, 0.2) is 0 Å². The van der Waals surface area contributed by atoms with Crippen LogP contribution in [0.25, 0.3) is 10.6 Å². The van der Waals surface area contributed by atoms with Crippen LogP contribution in [0.5, 0.6) is 5.75 Å². The van der Waals surface area contributed by atoms with Gasteiger partial charge in [0.05, 0.1) is 12.7 Å². The van der Waals surface area contributed by atoms with Crippen molar-refractivity contribution in [3.63, 3.8) is 0 Å². The smallest absolute Gasteiger partial charge is 0.255 e. The van der Waals surface area contributed by atoms with Crippen molar-refractivity contribution in [3.8, 4) is 16.3 Å². The fraction of sp³-hybridized carbons (Fsp3) is 0.200. The third-order valence-corrected chi connectivity index (χ3v) is 4.93. The Hall–Kier alpha value is -3.26. The molecule has 0 aliphatic rings. The molecule has 0 saturated heterocycles. The molecule has 0 radical (unpaired) electrons. The minimum absolute atomic E-state index is 0.363. The van der Waals surface area contributed by atoms with Crippen molar-refractivity contribution in [1.82, 2.24) is 15.5 Å². The van der Waals surface area contributed by atoms with E-state index in [1.807, 2.05) is 31.2 Å². The number of carbonyl (C=O) groups is 2. The van der Waals surface area contributed by atoms with Crippen LogP contribution in [0.3, 0.4) is 0 Å². The van der Waals surface area contributed by atoms with Gasteiger partial charge in [-0.15, -0.1) is 10.2 Å². The molecule has 8 heteroatoms. The molecule has 0 fully saturated rings. The summed E-state index contributed by atoms with van der Waals surface area (Å²) < 4.78 is 5.18. The average molecular weight is 396 g/mol. The van der Waals surface area contributed by atoms with Crippen molar-refractivity contribution in [2.24, 2.45) is 0 Å². The minimum atomic E-state index is -0.760. The number of rotatable bonds is 6. The summed E-state index contributed by atoms with van der Waals surface area (Å²) in [6.45, 7) is 3.61. The highest BCUT2D eigenvalue weighted by Gasteiger charge is 2.20. The maximum absolute atomic E-state index is 12.4. The number of hydrogen-bond acceptors (Lipinski definition) is 6. The maximum Gasteiger partial charge on any atom is 0.255 e. The average Bonchev–Trinajstić information content (AvgIpc) is 3.16. The van der Waals surface area contributed by atoms with Crippen LogP contribution in [0.4, 0.5) is 5.13 Å². The van der Waals surface area contributed by atoms with Crippen LogP contribution in [0.15, 0.2) is 48.5 Å². The molecule has 1 aromatic heterocycles. The number of aromatic nitrogens is 2. The Morgan fingerprint density at radius 2 is 1.79 bits per heavy atom. The van der Waals surface area contributed by atoms with Crippen LogP contribution in [0.1, 0.15) is 22.8 Å². The first-order valence-electron chi connectivity index (χ1n) is 8.63. The molecule has 1 atom stereocenters. The fourth-order valence-corrected chi connectivity index (χ4v) is 3.22. The molecule has 2 N–H and O–H groups in total. The Morgan fingerprint density at radius 1 is 1.07 bits per heavy atom. The van der Waals surface area contributed by atoms with Gasteiger partial charge in [0.1, 0.15) is 16.8 Å². The van der Waals surface area contributed by atoms with Crippen LogP contribution >= 0.6 is 11.3 Å². The van der Waals surface area contributed by atoms with Gasteiger partial charge in [-0.2, -0.15) is 0 Å². The second kappa shape index (κ2) is 8.62. The number of carbonyl (C=O) groups excluding carboxylic acids is 2. The van der Waals surface area contributed by atoms with E-state index < -0.39 is 11.9 Å². The highest BCUT2D eigenvalue weighted by atomic mass is 32.1. The summed E-state index contributed by atoms with van der Waals surface area (Å²) in [4.78, 5) is 24.8. The Bertz CT molecular complexity index is 985. The van der Waals surface area contributed by atoms with Crippen molar-refractivity contribution in [2.75, 3.05) is 12.4 Å². The van der Waals surface area contributed by atoms with Gasteiger partial charge in [-0.3, -0.25) is 14.9 Å². The minimum Gasteiger partial charge on any atom is -0.496 e. The molecule has 3 aromatic rings. The highest BCUT2D eigenvalue weighted by Crippen LogP contribution is 2.26. The summed E-state index contributed by atoms with van der Waals surface area (Å²) in [6.07, 6.45) is 0. The molecule has 1 unspecified atom stereocenters. The molecule has 144 valence electrons. The van der Waals surface area contributed by atoms with Crippen molar-refractivity contribution < 1.29 is 14.3 Å². The number of methoxy groups -OCH3 is 1. The summed E-state index contributed by atoms with van der Waals surface area (Å²) in [5.41, 5.74) is 2.45. The molecule has 2 aromatic carbocycles. The monoisotopic (exact) mass is 396 g/mol. The molecule has 3 rings (SSSR count). The third-order valence-electron chi connectivity index (χ3n) is 4.05. The quantitative estimate of drug-likeness (QED) is 0.667. The maximum atomic E-state index is 12.4. The molecule has 0 bridgehead atoms. The van der Waals surface area contributed by atoms with Gasteiger partial charge in [-0.1, -0.05) is 53.3 Å². The van der Waals surface area contributed by atoms with E-state index in [9.17, 15) is 9.59 Å². The largest absolute Gasteiger partial charge is 0.496 e. The Kier molecular flexibility index (Phi) is 6.00. The Labute approximate surface area is 166 Å². The summed E-state index contributed by atoms with van der Waals surface area (Å²) in [5.74, 6) is -0.327. The molecule has 0 saturated carbocycles. The summed E-state index contributed by atoms with van der Waals surface area (Å²) in [5, 5.41) is 14.5. The van der Waals surface area contributed by atoms with Crippen molar-refractivity contribution in [2.45, 2.75) is 19.9 Å². The molecular weight excluding hydrogens is 376 g/mol. The zero-order valence-electron chi connectivity index (χ0n) is 15.7. The topological polar surface area (TPSA) is 93.2 Å². The molecule has 0 aliphatic heterocycles. The number of anilines is 1. The standard InChI is InChI=1S/C20H20N4O3S/c1-12-8-10-14(11-9-12)19-23-24-20(28-19)22-17(25)13(2)21-18(26)15-6-4-5-7-16(15)27-3/h4-11,13H,1-3H3,(H,21,26)(H,22,24,25). The number of hydrogen-bond donors (Lipinski definition) is 2. The lowest BCUT2D eigenvalue weighted by Crippen LogP contribution is -2.41. The fourth-order valence-electron chi connectivity index (χ4n) is 2.47. The second-order valence-corrected chi connectivity index (χ2v) is 7.14. The van der Waals surface area contributed by atoms with E-state index in [1.165, 1.54) is 18.4 Å². The predicted molar refractivity (Wildman–Crippen MR) is 109 cm³/mol. The van der Waals surface area contributed by atoms with Gasteiger partial charge in [-0.05, 0) is 26.0 Å². The molecule has 1 heterocycles. The number of ether oxygens (including phenoxy) is 1. The molecule has 2 amide bonds. The predicted octanol–water partition coefficient (Wildman–Crippen LogP) is 3.28. The van der Waals surface area contributed by atoms with Crippen LogP contribution in [-0.4, -0.2) is 35.2 Å². The number of nitrogens with zero attached hydrogens (tertiary/aromatic N) is 2. The molecule has 0 aliphatic carbocycles. The lowest BCUT2D eigenvalue weighted by molar-refractivity contribution is -0.117. The Balaban J connectivity index is 1.63. The van der Waals surface area contributed by atoms with E-state index in [0.717, 1.165) is 11.1 Å². The van der Waals surface area contributed by atoms with Gasteiger partial charge < -0.3 is 10.1 Å². The van der Waals surface area contributed by atoms with Gasteiger partial charge in [0.25, 0.3) is 5.91 Å². The zero-order chi connectivity index (χ0) is 20.1.